The normalized spacial score (nSPS) is 11.2. The second-order valence-electron chi connectivity index (χ2n) is 5.24. The number of nitrogens with one attached hydrogen (secondary N) is 1. The molecule has 0 atom stereocenters. The molecule has 132 valence electrons. The average Bonchev–Trinajstić information content (AvgIpc) is 2.54. The van der Waals surface area contributed by atoms with E-state index in [1.54, 1.807) is 0 Å². The van der Waals surface area contributed by atoms with Gasteiger partial charge in [-0.25, -0.2) is 4.79 Å². The summed E-state index contributed by atoms with van der Waals surface area (Å²) in [4.78, 5) is 23.1. The molecule has 1 amide bonds. The monoisotopic (exact) mass is 371 g/mol. The third-order valence-corrected chi connectivity index (χ3v) is 3.62. The van der Waals surface area contributed by atoms with Crippen molar-refractivity contribution in [1.29, 1.82) is 0 Å². The minimum atomic E-state index is -4.45. The molecule has 0 aliphatic heterocycles. The van der Waals surface area contributed by atoms with E-state index in [9.17, 15) is 22.8 Å². The van der Waals surface area contributed by atoms with Gasteiger partial charge in [0, 0.05) is 11.4 Å². The second-order valence-corrected chi connectivity index (χ2v) is 5.68. The van der Waals surface area contributed by atoms with Gasteiger partial charge in [-0.15, -0.1) is 0 Å². The zero-order valence-corrected chi connectivity index (χ0v) is 13.5. The maximum atomic E-state index is 12.7. The van der Waals surface area contributed by atoms with Gasteiger partial charge in [0.1, 0.15) is 0 Å². The van der Waals surface area contributed by atoms with Crippen LogP contribution < -0.4 is 5.32 Å². The topological polar surface area (TPSA) is 66.4 Å². The molecule has 2 aromatic rings. The van der Waals surface area contributed by atoms with E-state index in [4.69, 9.17) is 16.7 Å². The van der Waals surface area contributed by atoms with E-state index in [0.29, 0.717) is 5.56 Å². The molecule has 0 aliphatic carbocycles. The summed E-state index contributed by atoms with van der Waals surface area (Å²) < 4.78 is 38.0. The Morgan fingerprint density at radius 1 is 1.12 bits per heavy atom. The van der Waals surface area contributed by atoms with E-state index >= 15 is 0 Å². The number of carboxylic acids is 1. The van der Waals surface area contributed by atoms with Crippen LogP contribution in [0.5, 0.6) is 0 Å². The van der Waals surface area contributed by atoms with Crippen molar-refractivity contribution in [3.63, 3.8) is 0 Å². The van der Waals surface area contributed by atoms with Crippen molar-refractivity contribution in [2.45, 2.75) is 19.0 Å². The highest BCUT2D eigenvalue weighted by Crippen LogP contribution is 2.29. The number of carbonyl (C=O) groups excluding carboxylic acids is 1. The van der Waals surface area contributed by atoms with Gasteiger partial charge in [0.25, 0.3) is 0 Å². The van der Waals surface area contributed by atoms with Gasteiger partial charge in [0.2, 0.25) is 5.91 Å². The Bertz CT molecular complexity index is 806. The summed E-state index contributed by atoms with van der Waals surface area (Å²) in [6.45, 7) is 0. The van der Waals surface area contributed by atoms with E-state index in [2.05, 4.69) is 5.32 Å². The number of hydrogen-bond donors (Lipinski definition) is 2. The van der Waals surface area contributed by atoms with Crippen molar-refractivity contribution in [2.75, 3.05) is 5.32 Å². The Labute approximate surface area is 146 Å². The van der Waals surface area contributed by atoms with Crippen LogP contribution in [0.1, 0.15) is 27.9 Å². The summed E-state index contributed by atoms with van der Waals surface area (Å²) in [6.07, 6.45) is -4.45. The van der Waals surface area contributed by atoms with Gasteiger partial charge >= 0.3 is 12.1 Å². The van der Waals surface area contributed by atoms with Crippen LogP contribution in [0, 0.1) is 0 Å². The Morgan fingerprint density at radius 3 is 2.48 bits per heavy atom. The van der Waals surface area contributed by atoms with E-state index in [1.807, 2.05) is 0 Å². The average molecular weight is 372 g/mol. The summed E-state index contributed by atoms with van der Waals surface area (Å²) in [5.74, 6) is -1.77. The van der Waals surface area contributed by atoms with Crippen molar-refractivity contribution in [2.24, 2.45) is 0 Å². The molecule has 0 heterocycles. The molecule has 2 aromatic carbocycles. The molecule has 0 saturated carbocycles. The van der Waals surface area contributed by atoms with Crippen LogP contribution in [0.2, 0.25) is 5.02 Å². The molecular weight excluding hydrogens is 359 g/mol. The van der Waals surface area contributed by atoms with Gasteiger partial charge in [-0.1, -0.05) is 29.8 Å². The van der Waals surface area contributed by atoms with Gasteiger partial charge < -0.3 is 10.4 Å². The number of carboxylic acid groups (broad SMARTS) is 1. The Kier molecular flexibility index (Phi) is 5.69. The number of rotatable bonds is 5. The number of alkyl halides is 3. The van der Waals surface area contributed by atoms with Gasteiger partial charge in [-0.05, 0) is 36.2 Å². The van der Waals surface area contributed by atoms with Crippen molar-refractivity contribution in [3.8, 4) is 0 Å². The third kappa shape index (κ3) is 5.22. The predicted octanol–water partition coefficient (Wildman–Crippen LogP) is 4.63. The number of amides is 1. The minimum Gasteiger partial charge on any atom is -0.478 e. The Hall–Kier alpha value is -2.54. The molecule has 0 aliphatic rings. The quantitative estimate of drug-likeness (QED) is 0.805. The van der Waals surface area contributed by atoms with Crippen LogP contribution in [-0.4, -0.2) is 17.0 Å². The van der Waals surface area contributed by atoms with Crippen LogP contribution in [0.4, 0.5) is 18.9 Å². The fourth-order valence-electron chi connectivity index (χ4n) is 2.18. The number of hydrogen-bond acceptors (Lipinski definition) is 2. The Morgan fingerprint density at radius 2 is 1.84 bits per heavy atom. The Balaban J connectivity index is 2.04. The second kappa shape index (κ2) is 7.57. The number of anilines is 1. The fraction of sp³-hybridized carbons (Fsp3) is 0.176. The van der Waals surface area contributed by atoms with Gasteiger partial charge in [-0.2, -0.15) is 13.2 Å². The lowest BCUT2D eigenvalue weighted by Gasteiger charge is -2.10. The van der Waals surface area contributed by atoms with Gasteiger partial charge in [0.05, 0.1) is 16.8 Å². The van der Waals surface area contributed by atoms with Crippen LogP contribution in [0.15, 0.2) is 42.5 Å². The highest BCUT2D eigenvalue weighted by atomic mass is 35.5. The molecule has 8 heteroatoms. The SMILES string of the molecule is O=C(CCc1cccc(C(F)(F)F)c1)Nc1ccc(Cl)cc1C(=O)O. The van der Waals surface area contributed by atoms with E-state index in [1.165, 1.54) is 30.3 Å². The van der Waals surface area contributed by atoms with Crippen LogP contribution in [0.25, 0.3) is 0 Å². The minimum absolute atomic E-state index is 0.0749. The molecule has 0 aromatic heterocycles. The first kappa shape index (κ1) is 18.8. The molecule has 0 spiro atoms. The standard InChI is InChI=1S/C17H13ClF3NO3/c18-12-5-6-14(13(9-12)16(24)25)22-15(23)7-4-10-2-1-3-11(8-10)17(19,20)21/h1-3,5-6,8-9H,4,7H2,(H,22,23)(H,24,25). The summed E-state index contributed by atoms with van der Waals surface area (Å²) in [5, 5.41) is 11.7. The fourth-order valence-corrected chi connectivity index (χ4v) is 2.35. The predicted molar refractivity (Wildman–Crippen MR) is 86.8 cm³/mol. The third-order valence-electron chi connectivity index (χ3n) is 3.38. The largest absolute Gasteiger partial charge is 0.478 e. The lowest BCUT2D eigenvalue weighted by Crippen LogP contribution is -2.15. The van der Waals surface area contributed by atoms with Crippen molar-refractivity contribution < 1.29 is 27.9 Å². The number of aryl methyl sites for hydroxylation is 1. The first-order valence-electron chi connectivity index (χ1n) is 7.15. The number of halogens is 4. The summed E-state index contributed by atoms with van der Waals surface area (Å²) >= 11 is 5.72. The van der Waals surface area contributed by atoms with Crippen LogP contribution in [-0.2, 0) is 17.4 Å². The lowest BCUT2D eigenvalue weighted by molar-refractivity contribution is -0.137. The number of aromatic carboxylic acids is 1. The van der Waals surface area contributed by atoms with Crippen molar-refractivity contribution in [1.82, 2.24) is 0 Å². The number of benzene rings is 2. The molecule has 0 radical (unpaired) electrons. The summed E-state index contributed by atoms with van der Waals surface area (Å²) in [7, 11) is 0. The zero-order valence-electron chi connectivity index (χ0n) is 12.7. The van der Waals surface area contributed by atoms with Crippen molar-refractivity contribution in [3.05, 3.63) is 64.2 Å². The maximum absolute atomic E-state index is 12.7. The zero-order chi connectivity index (χ0) is 18.6. The summed E-state index contributed by atoms with van der Waals surface area (Å²) in [5.41, 5.74) is -0.512. The molecule has 0 saturated heterocycles. The molecular formula is C17H13ClF3NO3. The molecule has 25 heavy (non-hydrogen) atoms. The lowest BCUT2D eigenvalue weighted by atomic mass is 10.1. The molecule has 2 N–H and O–H groups in total. The summed E-state index contributed by atoms with van der Waals surface area (Å²) in [6, 6.07) is 8.69. The van der Waals surface area contributed by atoms with Crippen molar-refractivity contribution >= 4 is 29.2 Å². The molecule has 0 unspecified atom stereocenters. The van der Waals surface area contributed by atoms with Gasteiger partial charge in [0.15, 0.2) is 0 Å². The molecule has 0 bridgehead atoms. The first-order chi connectivity index (χ1) is 11.7. The van der Waals surface area contributed by atoms with E-state index in [0.717, 1.165) is 12.1 Å². The highest BCUT2D eigenvalue weighted by Gasteiger charge is 2.30. The number of carbonyl (C=O) groups is 2. The van der Waals surface area contributed by atoms with Crippen LogP contribution in [0.3, 0.4) is 0 Å². The van der Waals surface area contributed by atoms with E-state index < -0.39 is 23.6 Å². The highest BCUT2D eigenvalue weighted by molar-refractivity contribution is 6.31. The van der Waals surface area contributed by atoms with Crippen LogP contribution >= 0.6 is 11.6 Å². The molecule has 0 fully saturated rings. The van der Waals surface area contributed by atoms with E-state index in [-0.39, 0.29) is 29.1 Å². The molecule has 4 nitrogen and oxygen atoms in total. The molecule has 2 rings (SSSR count). The maximum Gasteiger partial charge on any atom is 0.416 e. The smallest absolute Gasteiger partial charge is 0.416 e. The first-order valence-corrected chi connectivity index (χ1v) is 7.53. The van der Waals surface area contributed by atoms with Gasteiger partial charge in [-0.3, -0.25) is 4.79 Å².